The molecule has 1 N–H and O–H groups in total. The van der Waals surface area contributed by atoms with E-state index in [0.29, 0.717) is 0 Å². The summed E-state index contributed by atoms with van der Waals surface area (Å²) < 4.78 is 1.84. The van der Waals surface area contributed by atoms with E-state index in [-0.39, 0.29) is 24.0 Å². The van der Waals surface area contributed by atoms with Crippen LogP contribution in [0.1, 0.15) is 42.7 Å². The molecule has 3 rings (SSSR count). The van der Waals surface area contributed by atoms with Crippen molar-refractivity contribution in [3.8, 4) is 0 Å². The molecular formula is C21H32IN5. The number of nitrogens with zero attached hydrogens (tertiary/aromatic N) is 4. The summed E-state index contributed by atoms with van der Waals surface area (Å²) in [7, 11) is 5.88. The molecule has 0 radical (unpaired) electrons. The summed E-state index contributed by atoms with van der Waals surface area (Å²) >= 11 is 0. The van der Waals surface area contributed by atoms with Crippen LogP contribution in [0.4, 0.5) is 0 Å². The van der Waals surface area contributed by atoms with E-state index >= 15 is 0 Å². The predicted molar refractivity (Wildman–Crippen MR) is 123 cm³/mol. The number of benzene rings is 1. The zero-order chi connectivity index (χ0) is 18.4. The molecule has 0 unspecified atom stereocenters. The minimum Gasteiger partial charge on any atom is -0.356 e. The van der Waals surface area contributed by atoms with Gasteiger partial charge in [-0.1, -0.05) is 30.3 Å². The summed E-state index contributed by atoms with van der Waals surface area (Å²) in [5.41, 5.74) is 2.70. The number of halogens is 1. The number of aryl methyl sites for hydroxylation is 1. The molecule has 1 aliphatic rings. The van der Waals surface area contributed by atoms with Crippen molar-refractivity contribution in [2.75, 3.05) is 20.6 Å². The van der Waals surface area contributed by atoms with Crippen molar-refractivity contribution in [2.45, 2.75) is 38.1 Å². The molecule has 1 heterocycles. The largest absolute Gasteiger partial charge is 0.356 e. The maximum atomic E-state index is 4.44. The first-order chi connectivity index (χ1) is 12.7. The second-order valence-corrected chi connectivity index (χ2v) is 7.43. The summed E-state index contributed by atoms with van der Waals surface area (Å²) in [6.07, 6.45) is 9.12. The van der Waals surface area contributed by atoms with Crippen molar-refractivity contribution in [2.24, 2.45) is 18.0 Å². The average molecular weight is 481 g/mol. The molecular weight excluding hydrogens is 449 g/mol. The monoisotopic (exact) mass is 481 g/mol. The van der Waals surface area contributed by atoms with Gasteiger partial charge in [0.25, 0.3) is 0 Å². The van der Waals surface area contributed by atoms with E-state index in [2.05, 4.69) is 63.9 Å². The Hall–Kier alpha value is -1.57. The number of guanidine groups is 1. The molecule has 1 aromatic heterocycles. The molecule has 0 spiro atoms. The third-order valence-electron chi connectivity index (χ3n) is 5.42. The van der Waals surface area contributed by atoms with Gasteiger partial charge in [-0.15, -0.1) is 24.0 Å². The lowest BCUT2D eigenvalue weighted by atomic mass is 9.79. The highest BCUT2D eigenvalue weighted by Gasteiger charge is 2.22. The van der Waals surface area contributed by atoms with Gasteiger partial charge in [-0.25, -0.2) is 0 Å². The van der Waals surface area contributed by atoms with E-state index in [4.69, 9.17) is 0 Å². The number of aromatic nitrogens is 2. The molecule has 0 amide bonds. The lowest BCUT2D eigenvalue weighted by molar-refractivity contribution is 0.321. The Morgan fingerprint density at radius 1 is 1.22 bits per heavy atom. The Labute approximate surface area is 180 Å². The molecule has 1 aliphatic carbocycles. The molecule has 6 heteroatoms. The van der Waals surface area contributed by atoms with Crippen molar-refractivity contribution >= 4 is 29.9 Å². The number of aliphatic imine (C=N–C) groups is 1. The fourth-order valence-electron chi connectivity index (χ4n) is 3.95. The third-order valence-corrected chi connectivity index (χ3v) is 5.42. The van der Waals surface area contributed by atoms with Crippen LogP contribution >= 0.6 is 24.0 Å². The average Bonchev–Trinajstić information content (AvgIpc) is 3.08. The van der Waals surface area contributed by atoms with Gasteiger partial charge in [0.1, 0.15) is 0 Å². The van der Waals surface area contributed by atoms with Crippen LogP contribution in [0.2, 0.25) is 0 Å². The van der Waals surface area contributed by atoms with Gasteiger partial charge in [0, 0.05) is 46.0 Å². The van der Waals surface area contributed by atoms with Gasteiger partial charge in [0.2, 0.25) is 0 Å². The molecule has 148 valence electrons. The van der Waals surface area contributed by atoms with Crippen molar-refractivity contribution in [3.05, 3.63) is 53.9 Å². The standard InChI is InChI=1S/C21H31N5.HI/c1-22-21(25(2)15-18-14-24-26(3)16-18)23-13-17-9-11-20(12-10-17)19-7-5-4-6-8-19;/h4-8,14,16-17,20H,9-13,15H2,1-3H3,(H,22,23);1H. The maximum absolute atomic E-state index is 4.44. The predicted octanol–water partition coefficient (Wildman–Crippen LogP) is 4.02. The fraction of sp³-hybridized carbons (Fsp3) is 0.524. The SMILES string of the molecule is CN=C(NCC1CCC(c2ccccc2)CC1)N(C)Cc1cnn(C)c1.I. The molecule has 0 atom stereocenters. The highest BCUT2D eigenvalue weighted by Crippen LogP contribution is 2.35. The zero-order valence-electron chi connectivity index (χ0n) is 16.6. The van der Waals surface area contributed by atoms with E-state index in [0.717, 1.165) is 30.9 Å². The van der Waals surface area contributed by atoms with Crippen LogP contribution in [0.15, 0.2) is 47.7 Å². The molecule has 2 aromatic rings. The van der Waals surface area contributed by atoms with Crippen LogP contribution in [0.3, 0.4) is 0 Å². The first-order valence-electron chi connectivity index (χ1n) is 9.60. The Morgan fingerprint density at radius 2 is 1.93 bits per heavy atom. The summed E-state index contributed by atoms with van der Waals surface area (Å²) in [5, 5.41) is 7.81. The van der Waals surface area contributed by atoms with E-state index in [1.807, 2.05) is 25.0 Å². The van der Waals surface area contributed by atoms with E-state index in [9.17, 15) is 0 Å². The molecule has 0 bridgehead atoms. The number of rotatable bonds is 5. The molecule has 0 aliphatic heterocycles. The topological polar surface area (TPSA) is 45.5 Å². The highest BCUT2D eigenvalue weighted by atomic mass is 127. The molecule has 0 saturated heterocycles. The van der Waals surface area contributed by atoms with Gasteiger partial charge in [0.05, 0.1) is 6.20 Å². The maximum Gasteiger partial charge on any atom is 0.193 e. The molecule has 5 nitrogen and oxygen atoms in total. The van der Waals surface area contributed by atoms with Crippen molar-refractivity contribution in [1.29, 1.82) is 0 Å². The normalized spacial score (nSPS) is 20.0. The summed E-state index contributed by atoms with van der Waals surface area (Å²) in [4.78, 5) is 6.60. The summed E-state index contributed by atoms with van der Waals surface area (Å²) in [5.74, 6) is 2.43. The van der Waals surface area contributed by atoms with E-state index in [1.54, 1.807) is 0 Å². The fourth-order valence-corrected chi connectivity index (χ4v) is 3.95. The molecule has 1 aromatic carbocycles. The first-order valence-corrected chi connectivity index (χ1v) is 9.60. The van der Waals surface area contributed by atoms with Crippen LogP contribution in [0, 0.1) is 5.92 Å². The van der Waals surface area contributed by atoms with Crippen molar-refractivity contribution in [3.63, 3.8) is 0 Å². The van der Waals surface area contributed by atoms with Crippen molar-refractivity contribution < 1.29 is 0 Å². The third kappa shape index (κ3) is 6.23. The second kappa shape index (κ2) is 10.7. The Morgan fingerprint density at radius 3 is 2.52 bits per heavy atom. The number of nitrogens with one attached hydrogen (secondary N) is 1. The highest BCUT2D eigenvalue weighted by molar-refractivity contribution is 14.0. The first kappa shape index (κ1) is 21.7. The summed E-state index contributed by atoms with van der Waals surface area (Å²) in [6, 6.07) is 11.0. The molecule has 27 heavy (non-hydrogen) atoms. The number of hydrogen-bond donors (Lipinski definition) is 1. The smallest absolute Gasteiger partial charge is 0.193 e. The van der Waals surface area contributed by atoms with Gasteiger partial charge in [-0.05, 0) is 43.1 Å². The van der Waals surface area contributed by atoms with Crippen LogP contribution in [0.5, 0.6) is 0 Å². The Kier molecular flexibility index (Phi) is 8.60. The van der Waals surface area contributed by atoms with E-state index < -0.39 is 0 Å². The second-order valence-electron chi connectivity index (χ2n) is 7.43. The van der Waals surface area contributed by atoms with Gasteiger partial charge in [-0.2, -0.15) is 5.10 Å². The van der Waals surface area contributed by atoms with Crippen molar-refractivity contribution in [1.82, 2.24) is 20.0 Å². The lowest BCUT2D eigenvalue weighted by Crippen LogP contribution is -2.41. The van der Waals surface area contributed by atoms with Crippen LogP contribution < -0.4 is 5.32 Å². The minimum absolute atomic E-state index is 0. The van der Waals surface area contributed by atoms with Crippen LogP contribution in [-0.4, -0.2) is 41.3 Å². The van der Waals surface area contributed by atoms with Crippen LogP contribution in [-0.2, 0) is 13.6 Å². The van der Waals surface area contributed by atoms with Gasteiger partial charge < -0.3 is 10.2 Å². The molecule has 1 saturated carbocycles. The molecule has 1 fully saturated rings. The Bertz CT molecular complexity index is 704. The quantitative estimate of drug-likeness (QED) is 0.399. The van der Waals surface area contributed by atoms with Gasteiger partial charge >= 0.3 is 0 Å². The summed E-state index contributed by atoms with van der Waals surface area (Å²) in [6.45, 7) is 1.82. The Balaban J connectivity index is 0.00000261. The van der Waals surface area contributed by atoms with Crippen LogP contribution in [0.25, 0.3) is 0 Å². The lowest BCUT2D eigenvalue weighted by Gasteiger charge is -2.30. The minimum atomic E-state index is 0. The number of hydrogen-bond acceptors (Lipinski definition) is 2. The van der Waals surface area contributed by atoms with Gasteiger partial charge in [0.15, 0.2) is 5.96 Å². The van der Waals surface area contributed by atoms with Gasteiger partial charge in [-0.3, -0.25) is 9.67 Å². The van der Waals surface area contributed by atoms with E-state index in [1.165, 1.54) is 36.8 Å². The zero-order valence-corrected chi connectivity index (χ0v) is 19.0.